The number of nitrogens with one attached hydrogen (secondary N) is 1. The summed E-state index contributed by atoms with van der Waals surface area (Å²) in [6.07, 6.45) is 6.62. The van der Waals surface area contributed by atoms with Gasteiger partial charge in [0, 0.05) is 31.0 Å². The molecule has 20 heavy (non-hydrogen) atoms. The summed E-state index contributed by atoms with van der Waals surface area (Å²) in [5, 5.41) is 3.64. The molecule has 0 radical (unpaired) electrons. The van der Waals surface area contributed by atoms with Crippen LogP contribution in [0.1, 0.15) is 39.4 Å². The maximum Gasteiger partial charge on any atom is 0.105 e. The maximum atomic E-state index is 4.28. The summed E-state index contributed by atoms with van der Waals surface area (Å²) in [6, 6.07) is 0. The first-order valence-electron chi connectivity index (χ1n) is 7.89. The highest BCUT2D eigenvalue weighted by atomic mass is 15.2. The molecule has 1 aromatic rings. The van der Waals surface area contributed by atoms with Crippen molar-refractivity contribution < 1.29 is 0 Å². The summed E-state index contributed by atoms with van der Waals surface area (Å²) < 4.78 is 2.24. The van der Waals surface area contributed by atoms with Gasteiger partial charge in [0.1, 0.15) is 5.82 Å². The Balaban J connectivity index is 1.65. The summed E-state index contributed by atoms with van der Waals surface area (Å²) in [6.45, 7) is 14.7. The molecule has 4 heteroatoms. The van der Waals surface area contributed by atoms with Crippen LogP contribution in [0.5, 0.6) is 0 Å². The second-order valence-corrected chi connectivity index (χ2v) is 7.08. The number of likely N-dealkylation sites (tertiary alicyclic amines) is 1. The minimum atomic E-state index is 0.246. The molecule has 0 saturated carbocycles. The molecule has 1 aliphatic rings. The van der Waals surface area contributed by atoms with E-state index >= 15 is 0 Å². The Kier molecular flexibility index (Phi) is 5.22. The highest BCUT2D eigenvalue weighted by molar-refractivity contribution is 4.88. The largest absolute Gasteiger partial charge is 0.334 e. The van der Waals surface area contributed by atoms with Gasteiger partial charge in [-0.3, -0.25) is 0 Å². The Morgan fingerprint density at radius 3 is 2.50 bits per heavy atom. The lowest BCUT2D eigenvalue weighted by Gasteiger charge is -2.33. The van der Waals surface area contributed by atoms with Crippen LogP contribution in [-0.2, 0) is 6.54 Å². The molecule has 0 amide bonds. The van der Waals surface area contributed by atoms with Crippen molar-refractivity contribution in [3.8, 4) is 0 Å². The van der Waals surface area contributed by atoms with Crippen molar-refractivity contribution in [3.63, 3.8) is 0 Å². The number of aryl methyl sites for hydroxylation is 1. The second kappa shape index (κ2) is 6.72. The summed E-state index contributed by atoms with van der Waals surface area (Å²) in [5.41, 5.74) is 0.246. The summed E-state index contributed by atoms with van der Waals surface area (Å²) >= 11 is 0. The van der Waals surface area contributed by atoms with Gasteiger partial charge in [-0.05, 0) is 66.1 Å². The molecule has 4 nitrogen and oxygen atoms in total. The SMILES string of the molecule is Cc1nccn1CCN1CCC(CNC(C)(C)C)CC1. The van der Waals surface area contributed by atoms with E-state index < -0.39 is 0 Å². The molecule has 0 atom stereocenters. The Hall–Kier alpha value is -0.870. The zero-order valence-electron chi connectivity index (χ0n) is 13.5. The lowest BCUT2D eigenvalue weighted by atomic mass is 9.95. The van der Waals surface area contributed by atoms with Crippen LogP contribution in [0.25, 0.3) is 0 Å². The Labute approximate surface area is 123 Å². The average molecular weight is 278 g/mol. The fourth-order valence-electron chi connectivity index (χ4n) is 2.75. The molecular formula is C16H30N4. The van der Waals surface area contributed by atoms with Crippen LogP contribution in [0.15, 0.2) is 12.4 Å². The maximum absolute atomic E-state index is 4.28. The summed E-state index contributed by atoms with van der Waals surface area (Å²) in [7, 11) is 0. The fraction of sp³-hybridized carbons (Fsp3) is 0.812. The fourth-order valence-corrected chi connectivity index (χ4v) is 2.75. The topological polar surface area (TPSA) is 33.1 Å². The van der Waals surface area contributed by atoms with E-state index in [1.807, 2.05) is 6.20 Å². The highest BCUT2D eigenvalue weighted by Crippen LogP contribution is 2.17. The van der Waals surface area contributed by atoms with Crippen LogP contribution in [0.2, 0.25) is 0 Å². The number of hydrogen-bond acceptors (Lipinski definition) is 3. The predicted molar refractivity (Wildman–Crippen MR) is 83.9 cm³/mol. The van der Waals surface area contributed by atoms with Crippen molar-refractivity contribution in [1.82, 2.24) is 19.8 Å². The number of hydrogen-bond donors (Lipinski definition) is 1. The third-order valence-corrected chi connectivity index (χ3v) is 4.21. The van der Waals surface area contributed by atoms with Crippen molar-refractivity contribution >= 4 is 0 Å². The zero-order valence-corrected chi connectivity index (χ0v) is 13.5. The Bertz CT molecular complexity index is 397. The van der Waals surface area contributed by atoms with Gasteiger partial charge in [0.25, 0.3) is 0 Å². The van der Waals surface area contributed by atoms with Gasteiger partial charge in [0.2, 0.25) is 0 Å². The first kappa shape index (κ1) is 15.5. The van der Waals surface area contributed by atoms with Crippen LogP contribution in [-0.4, -0.2) is 46.2 Å². The third kappa shape index (κ3) is 4.91. The standard InChI is InChI=1S/C16H30N4/c1-14-17-7-10-20(14)12-11-19-8-5-15(6-9-19)13-18-16(2,3)4/h7,10,15,18H,5-6,8-9,11-13H2,1-4H3. The van der Waals surface area contributed by atoms with Gasteiger partial charge in [-0.15, -0.1) is 0 Å². The van der Waals surface area contributed by atoms with Gasteiger partial charge in [-0.2, -0.15) is 0 Å². The van der Waals surface area contributed by atoms with Crippen LogP contribution in [0, 0.1) is 12.8 Å². The molecular weight excluding hydrogens is 248 g/mol. The van der Waals surface area contributed by atoms with Crippen molar-refractivity contribution in [2.75, 3.05) is 26.2 Å². The minimum absolute atomic E-state index is 0.246. The molecule has 1 aromatic heterocycles. The Morgan fingerprint density at radius 2 is 1.95 bits per heavy atom. The predicted octanol–water partition coefficient (Wildman–Crippen LogP) is 2.29. The first-order valence-corrected chi connectivity index (χ1v) is 7.89. The van der Waals surface area contributed by atoms with Gasteiger partial charge in [-0.25, -0.2) is 4.98 Å². The number of rotatable bonds is 5. The van der Waals surface area contributed by atoms with E-state index in [9.17, 15) is 0 Å². The van der Waals surface area contributed by atoms with E-state index in [0.717, 1.165) is 31.4 Å². The highest BCUT2D eigenvalue weighted by Gasteiger charge is 2.20. The van der Waals surface area contributed by atoms with Gasteiger partial charge < -0.3 is 14.8 Å². The Morgan fingerprint density at radius 1 is 1.25 bits per heavy atom. The van der Waals surface area contributed by atoms with E-state index in [-0.39, 0.29) is 5.54 Å². The van der Waals surface area contributed by atoms with Crippen LogP contribution in [0.4, 0.5) is 0 Å². The first-order chi connectivity index (χ1) is 9.44. The molecule has 0 aliphatic carbocycles. The molecule has 0 unspecified atom stereocenters. The van der Waals surface area contributed by atoms with Crippen molar-refractivity contribution in [1.29, 1.82) is 0 Å². The van der Waals surface area contributed by atoms with Gasteiger partial charge >= 0.3 is 0 Å². The smallest absolute Gasteiger partial charge is 0.105 e. The number of aromatic nitrogens is 2. The summed E-state index contributed by atoms with van der Waals surface area (Å²) in [4.78, 5) is 6.87. The third-order valence-electron chi connectivity index (χ3n) is 4.21. The second-order valence-electron chi connectivity index (χ2n) is 7.08. The molecule has 1 N–H and O–H groups in total. The summed E-state index contributed by atoms with van der Waals surface area (Å²) in [5.74, 6) is 1.97. The molecule has 2 heterocycles. The number of nitrogens with zero attached hydrogens (tertiary/aromatic N) is 3. The lowest BCUT2D eigenvalue weighted by Crippen LogP contribution is -2.43. The molecule has 1 saturated heterocycles. The average Bonchev–Trinajstić information content (AvgIpc) is 2.80. The number of imidazole rings is 1. The minimum Gasteiger partial charge on any atom is -0.334 e. The van der Waals surface area contributed by atoms with E-state index in [1.165, 1.54) is 25.9 Å². The molecule has 2 rings (SSSR count). The van der Waals surface area contributed by atoms with Gasteiger partial charge in [-0.1, -0.05) is 0 Å². The molecule has 0 bridgehead atoms. The van der Waals surface area contributed by atoms with Crippen LogP contribution < -0.4 is 5.32 Å². The normalized spacial score (nSPS) is 18.6. The van der Waals surface area contributed by atoms with Crippen molar-refractivity contribution in [2.45, 2.75) is 52.6 Å². The van der Waals surface area contributed by atoms with Crippen molar-refractivity contribution in [3.05, 3.63) is 18.2 Å². The number of piperidine rings is 1. The molecule has 0 aromatic carbocycles. The molecule has 1 fully saturated rings. The molecule has 114 valence electrons. The molecule has 1 aliphatic heterocycles. The van der Waals surface area contributed by atoms with E-state index in [1.54, 1.807) is 0 Å². The monoisotopic (exact) mass is 278 g/mol. The van der Waals surface area contributed by atoms with Gasteiger partial charge in [0.15, 0.2) is 0 Å². The van der Waals surface area contributed by atoms with Crippen LogP contribution >= 0.6 is 0 Å². The van der Waals surface area contributed by atoms with E-state index in [2.05, 4.69) is 53.7 Å². The lowest BCUT2D eigenvalue weighted by molar-refractivity contribution is 0.171. The van der Waals surface area contributed by atoms with Crippen molar-refractivity contribution in [2.24, 2.45) is 5.92 Å². The van der Waals surface area contributed by atoms with Gasteiger partial charge in [0.05, 0.1) is 0 Å². The van der Waals surface area contributed by atoms with E-state index in [0.29, 0.717) is 0 Å². The molecule has 0 spiro atoms. The quantitative estimate of drug-likeness (QED) is 0.897. The van der Waals surface area contributed by atoms with E-state index in [4.69, 9.17) is 0 Å². The van der Waals surface area contributed by atoms with Crippen LogP contribution in [0.3, 0.4) is 0 Å². The zero-order chi connectivity index (χ0) is 14.6.